The van der Waals surface area contributed by atoms with Crippen molar-refractivity contribution in [1.29, 1.82) is 0 Å². The van der Waals surface area contributed by atoms with Crippen LogP contribution in [0.3, 0.4) is 0 Å². The summed E-state index contributed by atoms with van der Waals surface area (Å²) < 4.78 is 0. The molecular formula is C14H17N. The Morgan fingerprint density at radius 3 is 2.60 bits per heavy atom. The van der Waals surface area contributed by atoms with Gasteiger partial charge in [-0.2, -0.15) is 0 Å². The first-order valence-electron chi connectivity index (χ1n) is 5.42. The molecule has 1 atom stereocenters. The molecule has 2 N–H and O–H groups in total. The number of fused-ring (bicyclic) bond motifs is 1. The third-order valence-corrected chi connectivity index (χ3v) is 3.04. The molecule has 0 aromatic heterocycles. The predicted molar refractivity (Wildman–Crippen MR) is 66.2 cm³/mol. The minimum atomic E-state index is 0.427. The summed E-state index contributed by atoms with van der Waals surface area (Å²) >= 11 is 0. The third-order valence-electron chi connectivity index (χ3n) is 3.04. The maximum absolute atomic E-state index is 5.76. The van der Waals surface area contributed by atoms with Crippen LogP contribution in [0.4, 0.5) is 0 Å². The molecule has 2 rings (SSSR count). The van der Waals surface area contributed by atoms with Crippen LogP contribution in [-0.2, 0) is 0 Å². The highest BCUT2D eigenvalue weighted by Gasteiger charge is 2.10. The van der Waals surface area contributed by atoms with Crippen molar-refractivity contribution < 1.29 is 0 Å². The summed E-state index contributed by atoms with van der Waals surface area (Å²) in [5, 5.41) is 2.65. The molecule has 1 heteroatoms. The monoisotopic (exact) mass is 199 g/mol. The second kappa shape index (κ2) is 4.03. The first-order valence-corrected chi connectivity index (χ1v) is 5.42. The van der Waals surface area contributed by atoms with Gasteiger partial charge in [0.2, 0.25) is 0 Å². The van der Waals surface area contributed by atoms with Gasteiger partial charge in [0.25, 0.3) is 0 Å². The molecule has 0 saturated carbocycles. The van der Waals surface area contributed by atoms with Gasteiger partial charge in [-0.05, 0) is 41.3 Å². The van der Waals surface area contributed by atoms with Gasteiger partial charge < -0.3 is 5.73 Å². The fourth-order valence-corrected chi connectivity index (χ4v) is 2.18. The largest absolute Gasteiger partial charge is 0.330 e. The van der Waals surface area contributed by atoms with E-state index in [9.17, 15) is 0 Å². The molecule has 1 unspecified atom stereocenters. The van der Waals surface area contributed by atoms with E-state index in [0.717, 1.165) is 0 Å². The van der Waals surface area contributed by atoms with Crippen LogP contribution >= 0.6 is 0 Å². The molecule has 0 saturated heterocycles. The topological polar surface area (TPSA) is 26.0 Å². The average Bonchev–Trinajstić information content (AvgIpc) is 2.28. The Morgan fingerprint density at radius 1 is 1.13 bits per heavy atom. The van der Waals surface area contributed by atoms with Crippen LogP contribution in [0.5, 0.6) is 0 Å². The van der Waals surface area contributed by atoms with Crippen LogP contribution < -0.4 is 5.73 Å². The number of nitrogens with two attached hydrogens (primary N) is 1. The van der Waals surface area contributed by atoms with Gasteiger partial charge in [0.05, 0.1) is 0 Å². The number of hydrogen-bond acceptors (Lipinski definition) is 1. The summed E-state index contributed by atoms with van der Waals surface area (Å²) in [5.74, 6) is 0.427. The standard InChI is InChI=1S/C14H17N/c1-10-7-8-12-5-3-4-6-13(12)14(10)11(2)9-15/h3-8,11H,9,15H2,1-2H3. The van der Waals surface area contributed by atoms with E-state index in [1.54, 1.807) is 0 Å². The second-order valence-electron chi connectivity index (χ2n) is 4.15. The lowest BCUT2D eigenvalue weighted by atomic mass is 9.91. The van der Waals surface area contributed by atoms with Crippen molar-refractivity contribution in [2.45, 2.75) is 19.8 Å². The fraction of sp³-hybridized carbons (Fsp3) is 0.286. The fourth-order valence-electron chi connectivity index (χ4n) is 2.18. The molecule has 1 nitrogen and oxygen atoms in total. The number of rotatable bonds is 2. The molecular weight excluding hydrogens is 182 g/mol. The normalized spacial score (nSPS) is 13.0. The Balaban J connectivity index is 2.74. The lowest BCUT2D eigenvalue weighted by molar-refractivity contribution is 0.775. The summed E-state index contributed by atoms with van der Waals surface area (Å²) in [6.45, 7) is 5.05. The highest BCUT2D eigenvalue weighted by Crippen LogP contribution is 2.28. The molecule has 0 radical (unpaired) electrons. The van der Waals surface area contributed by atoms with E-state index >= 15 is 0 Å². The Hall–Kier alpha value is -1.34. The highest BCUT2D eigenvalue weighted by molar-refractivity contribution is 5.87. The molecule has 78 valence electrons. The quantitative estimate of drug-likeness (QED) is 0.789. The van der Waals surface area contributed by atoms with Gasteiger partial charge in [0.15, 0.2) is 0 Å². The Kier molecular flexibility index (Phi) is 2.74. The lowest BCUT2D eigenvalue weighted by Crippen LogP contribution is -2.10. The van der Waals surface area contributed by atoms with Crippen molar-refractivity contribution in [2.24, 2.45) is 5.73 Å². The van der Waals surface area contributed by atoms with Crippen molar-refractivity contribution >= 4 is 10.8 Å². The minimum absolute atomic E-state index is 0.427. The van der Waals surface area contributed by atoms with Crippen LogP contribution in [0.25, 0.3) is 10.8 Å². The predicted octanol–water partition coefficient (Wildman–Crippen LogP) is 3.21. The van der Waals surface area contributed by atoms with Crippen LogP contribution in [0.2, 0.25) is 0 Å². The molecule has 0 aliphatic rings. The van der Waals surface area contributed by atoms with Crippen LogP contribution in [0.1, 0.15) is 24.0 Å². The summed E-state index contributed by atoms with van der Waals surface area (Å²) in [5.41, 5.74) is 8.50. The van der Waals surface area contributed by atoms with Crippen molar-refractivity contribution in [1.82, 2.24) is 0 Å². The van der Waals surface area contributed by atoms with Crippen molar-refractivity contribution in [3.63, 3.8) is 0 Å². The van der Waals surface area contributed by atoms with E-state index < -0.39 is 0 Å². The number of aryl methyl sites for hydroxylation is 1. The zero-order valence-electron chi connectivity index (χ0n) is 9.33. The van der Waals surface area contributed by atoms with Crippen molar-refractivity contribution in [2.75, 3.05) is 6.54 Å². The molecule has 0 aliphatic heterocycles. The van der Waals surface area contributed by atoms with Gasteiger partial charge in [-0.25, -0.2) is 0 Å². The lowest BCUT2D eigenvalue weighted by Gasteiger charge is -2.15. The third kappa shape index (κ3) is 1.75. The van der Waals surface area contributed by atoms with E-state index in [4.69, 9.17) is 5.73 Å². The van der Waals surface area contributed by atoms with Crippen LogP contribution in [-0.4, -0.2) is 6.54 Å². The van der Waals surface area contributed by atoms with Gasteiger partial charge >= 0.3 is 0 Å². The number of benzene rings is 2. The second-order valence-corrected chi connectivity index (χ2v) is 4.15. The first kappa shape index (κ1) is 10.2. The van der Waals surface area contributed by atoms with Crippen LogP contribution in [0.15, 0.2) is 36.4 Å². The van der Waals surface area contributed by atoms with Gasteiger partial charge in [-0.3, -0.25) is 0 Å². The maximum Gasteiger partial charge on any atom is -0.00106 e. The van der Waals surface area contributed by atoms with Gasteiger partial charge in [-0.1, -0.05) is 43.3 Å². The van der Waals surface area contributed by atoms with E-state index in [0.29, 0.717) is 12.5 Å². The summed E-state index contributed by atoms with van der Waals surface area (Å²) in [6, 6.07) is 12.9. The molecule has 0 bridgehead atoms. The Bertz CT molecular complexity index is 474. The molecule has 2 aromatic carbocycles. The Labute approximate surface area is 90.9 Å². The smallest absolute Gasteiger partial charge is 0.00106 e. The molecule has 0 spiro atoms. The van der Waals surface area contributed by atoms with E-state index in [1.807, 2.05) is 0 Å². The van der Waals surface area contributed by atoms with E-state index in [2.05, 4.69) is 50.2 Å². The molecule has 0 aliphatic carbocycles. The molecule has 2 aromatic rings. The summed E-state index contributed by atoms with van der Waals surface area (Å²) in [6.07, 6.45) is 0. The number of hydrogen-bond donors (Lipinski definition) is 1. The molecule has 0 fully saturated rings. The SMILES string of the molecule is Cc1ccc2ccccc2c1C(C)CN. The van der Waals surface area contributed by atoms with Gasteiger partial charge in [0.1, 0.15) is 0 Å². The first-order chi connectivity index (χ1) is 7.24. The van der Waals surface area contributed by atoms with Crippen LogP contribution in [0, 0.1) is 6.92 Å². The Morgan fingerprint density at radius 2 is 1.87 bits per heavy atom. The molecule has 0 heterocycles. The van der Waals surface area contributed by atoms with Gasteiger partial charge in [0, 0.05) is 0 Å². The van der Waals surface area contributed by atoms with Gasteiger partial charge in [-0.15, -0.1) is 0 Å². The average molecular weight is 199 g/mol. The molecule has 0 amide bonds. The zero-order valence-corrected chi connectivity index (χ0v) is 9.33. The van der Waals surface area contributed by atoms with Crippen molar-refractivity contribution in [3.05, 3.63) is 47.5 Å². The van der Waals surface area contributed by atoms with E-state index in [-0.39, 0.29) is 0 Å². The zero-order chi connectivity index (χ0) is 10.8. The maximum atomic E-state index is 5.76. The summed E-state index contributed by atoms with van der Waals surface area (Å²) in [7, 11) is 0. The van der Waals surface area contributed by atoms with Crippen molar-refractivity contribution in [3.8, 4) is 0 Å². The minimum Gasteiger partial charge on any atom is -0.330 e. The summed E-state index contributed by atoms with van der Waals surface area (Å²) in [4.78, 5) is 0. The molecule has 15 heavy (non-hydrogen) atoms. The van der Waals surface area contributed by atoms with E-state index in [1.165, 1.54) is 21.9 Å². The highest BCUT2D eigenvalue weighted by atomic mass is 14.5.